The summed E-state index contributed by atoms with van der Waals surface area (Å²) in [5.41, 5.74) is 0.485. The molecular weight excluding hydrogens is 261 g/mol. The van der Waals surface area contributed by atoms with Gasteiger partial charge in [-0.05, 0) is 30.0 Å². The first-order valence-corrected chi connectivity index (χ1v) is 6.82. The minimum absolute atomic E-state index is 0.366. The predicted octanol–water partition coefficient (Wildman–Crippen LogP) is 4.60. The maximum absolute atomic E-state index is 13.1. The Morgan fingerprint density at radius 2 is 2.05 bits per heavy atom. The number of hydrogen-bond acceptors (Lipinski definition) is 3. The molecule has 0 spiro atoms. The summed E-state index contributed by atoms with van der Waals surface area (Å²) >= 11 is 1.58. The van der Waals surface area contributed by atoms with Crippen LogP contribution in [0.1, 0.15) is 12.5 Å². The van der Waals surface area contributed by atoms with Crippen molar-refractivity contribution in [1.29, 1.82) is 5.26 Å². The number of rotatable bonds is 4. The van der Waals surface area contributed by atoms with Crippen LogP contribution in [0.4, 0.5) is 4.39 Å². The number of nitrogens with zero attached hydrogens (tertiary/aromatic N) is 1. The number of halogens is 1. The van der Waals surface area contributed by atoms with E-state index in [1.165, 1.54) is 12.1 Å². The highest BCUT2D eigenvalue weighted by atomic mass is 32.2. The van der Waals surface area contributed by atoms with Crippen LogP contribution in [-0.2, 0) is 0 Å². The Morgan fingerprint density at radius 1 is 1.26 bits per heavy atom. The summed E-state index contributed by atoms with van der Waals surface area (Å²) in [7, 11) is 0. The van der Waals surface area contributed by atoms with Crippen LogP contribution in [0, 0.1) is 17.1 Å². The lowest BCUT2D eigenvalue weighted by atomic mass is 10.2. The van der Waals surface area contributed by atoms with Gasteiger partial charge in [0.1, 0.15) is 28.9 Å². The Kier molecular flexibility index (Phi) is 4.43. The molecule has 0 saturated heterocycles. The van der Waals surface area contributed by atoms with Crippen LogP contribution >= 0.6 is 11.8 Å². The largest absolute Gasteiger partial charge is 0.456 e. The summed E-state index contributed by atoms with van der Waals surface area (Å²) < 4.78 is 18.7. The molecule has 2 rings (SSSR count). The van der Waals surface area contributed by atoms with E-state index in [0.717, 1.165) is 10.6 Å². The number of ether oxygens (including phenoxy) is 1. The van der Waals surface area contributed by atoms with E-state index in [1.807, 2.05) is 19.1 Å². The van der Waals surface area contributed by atoms with E-state index < -0.39 is 0 Å². The Morgan fingerprint density at radius 3 is 2.74 bits per heavy atom. The number of hydrogen-bond donors (Lipinski definition) is 0. The Hall–Kier alpha value is -1.99. The van der Waals surface area contributed by atoms with E-state index >= 15 is 0 Å². The molecule has 0 heterocycles. The van der Waals surface area contributed by atoms with Crippen molar-refractivity contribution in [1.82, 2.24) is 0 Å². The van der Waals surface area contributed by atoms with Gasteiger partial charge in [-0.15, -0.1) is 11.8 Å². The molecule has 0 saturated carbocycles. The second kappa shape index (κ2) is 6.26. The normalized spacial score (nSPS) is 9.95. The first-order valence-electron chi connectivity index (χ1n) is 5.84. The number of thioether (sulfide) groups is 1. The molecule has 0 aliphatic heterocycles. The second-order valence-electron chi connectivity index (χ2n) is 3.73. The Bertz CT molecular complexity index is 622. The molecule has 2 nitrogen and oxygen atoms in total. The monoisotopic (exact) mass is 273 g/mol. The van der Waals surface area contributed by atoms with Gasteiger partial charge in [-0.2, -0.15) is 5.26 Å². The van der Waals surface area contributed by atoms with Crippen molar-refractivity contribution in [3.05, 3.63) is 53.8 Å². The standard InChI is InChI=1S/C15H12FNOS/c1-2-19-15-8-4-7-14(13(15)10-17)18-12-6-3-5-11(16)9-12/h3-9H,2H2,1H3. The van der Waals surface area contributed by atoms with Gasteiger partial charge in [-0.1, -0.05) is 19.1 Å². The van der Waals surface area contributed by atoms with Crippen LogP contribution in [0.15, 0.2) is 47.4 Å². The molecule has 0 atom stereocenters. The molecule has 0 aliphatic rings. The Balaban J connectivity index is 2.35. The summed E-state index contributed by atoms with van der Waals surface area (Å²) in [6.45, 7) is 2.02. The number of nitriles is 1. The van der Waals surface area contributed by atoms with Crippen molar-refractivity contribution in [3.63, 3.8) is 0 Å². The first-order chi connectivity index (χ1) is 9.24. The molecule has 96 valence electrons. The molecule has 0 unspecified atom stereocenters. The van der Waals surface area contributed by atoms with Gasteiger partial charge in [0, 0.05) is 11.0 Å². The second-order valence-corrected chi connectivity index (χ2v) is 5.04. The molecule has 2 aromatic carbocycles. The molecule has 0 bridgehead atoms. The van der Waals surface area contributed by atoms with Gasteiger partial charge >= 0.3 is 0 Å². The molecule has 19 heavy (non-hydrogen) atoms. The van der Waals surface area contributed by atoms with E-state index in [4.69, 9.17) is 4.74 Å². The Labute approximate surface area is 115 Å². The molecule has 0 radical (unpaired) electrons. The minimum Gasteiger partial charge on any atom is -0.456 e. The number of benzene rings is 2. The fourth-order valence-electron chi connectivity index (χ4n) is 1.64. The third-order valence-corrected chi connectivity index (χ3v) is 3.36. The summed E-state index contributed by atoms with van der Waals surface area (Å²) in [4.78, 5) is 0.874. The average molecular weight is 273 g/mol. The first kappa shape index (κ1) is 13.4. The van der Waals surface area contributed by atoms with Crippen molar-refractivity contribution < 1.29 is 9.13 Å². The van der Waals surface area contributed by atoms with Crippen molar-refractivity contribution in [2.45, 2.75) is 11.8 Å². The fraction of sp³-hybridized carbons (Fsp3) is 0.133. The van der Waals surface area contributed by atoms with E-state index in [1.54, 1.807) is 30.0 Å². The molecule has 4 heteroatoms. The summed E-state index contributed by atoms with van der Waals surface area (Å²) in [6, 6.07) is 13.4. The summed E-state index contributed by atoms with van der Waals surface area (Å²) in [5, 5.41) is 9.24. The topological polar surface area (TPSA) is 33.0 Å². The highest BCUT2D eigenvalue weighted by Gasteiger charge is 2.10. The minimum atomic E-state index is -0.366. The lowest BCUT2D eigenvalue weighted by Gasteiger charge is -2.10. The average Bonchev–Trinajstić information content (AvgIpc) is 2.39. The maximum Gasteiger partial charge on any atom is 0.146 e. The molecule has 0 N–H and O–H groups in total. The van der Waals surface area contributed by atoms with E-state index in [0.29, 0.717) is 17.1 Å². The highest BCUT2D eigenvalue weighted by Crippen LogP contribution is 2.32. The van der Waals surface area contributed by atoms with E-state index in [9.17, 15) is 9.65 Å². The molecule has 0 aliphatic carbocycles. The van der Waals surface area contributed by atoms with Crippen LogP contribution in [0.5, 0.6) is 11.5 Å². The van der Waals surface area contributed by atoms with Gasteiger partial charge in [0.2, 0.25) is 0 Å². The van der Waals surface area contributed by atoms with Crippen molar-refractivity contribution >= 4 is 11.8 Å². The van der Waals surface area contributed by atoms with Crippen LogP contribution in [0.2, 0.25) is 0 Å². The van der Waals surface area contributed by atoms with Crippen LogP contribution in [0.3, 0.4) is 0 Å². The fourth-order valence-corrected chi connectivity index (χ4v) is 2.42. The van der Waals surface area contributed by atoms with Gasteiger partial charge in [0.15, 0.2) is 0 Å². The lowest BCUT2D eigenvalue weighted by Crippen LogP contribution is -1.91. The highest BCUT2D eigenvalue weighted by molar-refractivity contribution is 7.99. The van der Waals surface area contributed by atoms with Gasteiger partial charge in [-0.25, -0.2) is 4.39 Å². The quantitative estimate of drug-likeness (QED) is 0.763. The van der Waals surface area contributed by atoms with E-state index in [2.05, 4.69) is 6.07 Å². The zero-order valence-corrected chi connectivity index (χ0v) is 11.2. The third kappa shape index (κ3) is 3.27. The predicted molar refractivity (Wildman–Crippen MR) is 74.0 cm³/mol. The zero-order chi connectivity index (χ0) is 13.7. The van der Waals surface area contributed by atoms with Gasteiger partial charge in [0.25, 0.3) is 0 Å². The maximum atomic E-state index is 13.1. The van der Waals surface area contributed by atoms with Crippen LogP contribution in [0.25, 0.3) is 0 Å². The summed E-state index contributed by atoms with van der Waals surface area (Å²) in [6.07, 6.45) is 0. The van der Waals surface area contributed by atoms with Gasteiger partial charge in [-0.3, -0.25) is 0 Å². The van der Waals surface area contributed by atoms with Gasteiger partial charge < -0.3 is 4.74 Å². The molecule has 0 fully saturated rings. The van der Waals surface area contributed by atoms with Gasteiger partial charge in [0.05, 0.1) is 0 Å². The van der Waals surface area contributed by atoms with Crippen molar-refractivity contribution in [3.8, 4) is 17.6 Å². The third-order valence-electron chi connectivity index (χ3n) is 2.42. The molecule has 2 aromatic rings. The van der Waals surface area contributed by atoms with Crippen molar-refractivity contribution in [2.75, 3.05) is 5.75 Å². The smallest absolute Gasteiger partial charge is 0.146 e. The van der Waals surface area contributed by atoms with Crippen LogP contribution in [-0.4, -0.2) is 5.75 Å². The molecule has 0 amide bonds. The molecule has 0 aromatic heterocycles. The zero-order valence-electron chi connectivity index (χ0n) is 10.4. The van der Waals surface area contributed by atoms with E-state index in [-0.39, 0.29) is 5.82 Å². The van der Waals surface area contributed by atoms with Crippen LogP contribution < -0.4 is 4.74 Å². The SMILES string of the molecule is CCSc1cccc(Oc2cccc(F)c2)c1C#N. The molecular formula is C15H12FNOS. The summed E-state index contributed by atoms with van der Waals surface area (Å²) in [5.74, 6) is 1.34. The van der Waals surface area contributed by atoms with Crippen molar-refractivity contribution in [2.24, 2.45) is 0 Å². The lowest BCUT2D eigenvalue weighted by molar-refractivity contribution is 0.474.